The van der Waals surface area contributed by atoms with Gasteiger partial charge in [-0.3, -0.25) is 0 Å². The van der Waals surface area contributed by atoms with Gasteiger partial charge in [0.05, 0.1) is 29.8 Å². The van der Waals surface area contributed by atoms with E-state index in [0.29, 0.717) is 11.5 Å². The minimum absolute atomic E-state index is 0.279. The van der Waals surface area contributed by atoms with E-state index in [1.54, 1.807) is 0 Å². The third kappa shape index (κ3) is 3.20. The average molecular weight is 431 g/mol. The Hall–Kier alpha value is -2.84. The van der Waals surface area contributed by atoms with Crippen molar-refractivity contribution in [2.45, 2.75) is 50.1 Å². The zero-order chi connectivity index (χ0) is 21.1. The summed E-state index contributed by atoms with van der Waals surface area (Å²) in [5.41, 5.74) is 1.70. The second-order valence-electron chi connectivity index (χ2n) is 9.37. The normalized spacial score (nSPS) is 29.1. The van der Waals surface area contributed by atoms with E-state index < -0.39 is 0 Å². The van der Waals surface area contributed by atoms with Gasteiger partial charge in [0.2, 0.25) is 5.95 Å². The number of fused-ring (bicyclic) bond motifs is 5. The largest absolute Gasteiger partial charge is 0.371 e. The van der Waals surface area contributed by atoms with Gasteiger partial charge in [-0.1, -0.05) is 30.3 Å². The molecule has 4 aliphatic heterocycles. The van der Waals surface area contributed by atoms with E-state index in [1.807, 2.05) is 36.5 Å². The Morgan fingerprint density at radius 2 is 1.34 bits per heavy atom. The van der Waals surface area contributed by atoms with E-state index in [0.717, 1.165) is 74.6 Å². The first-order valence-corrected chi connectivity index (χ1v) is 11.7. The summed E-state index contributed by atoms with van der Waals surface area (Å²) < 4.78 is 12.1. The van der Waals surface area contributed by atoms with Gasteiger partial charge in [-0.2, -0.15) is 9.97 Å². The molecule has 0 spiro atoms. The van der Waals surface area contributed by atoms with Crippen LogP contribution in [0.4, 0.5) is 11.8 Å². The average Bonchev–Trinajstić information content (AvgIpc) is 3.37. The highest BCUT2D eigenvalue weighted by Crippen LogP contribution is 2.35. The summed E-state index contributed by atoms with van der Waals surface area (Å²) in [5.74, 6) is 2.38. The standard InChI is InChI=1S/C24H26N6O2/c1-2-4-15(5-3-1)21-25-10-20-22(26-21)27-24(30-13-18-8-9-19(14-30)32-18)28-23(20)29-11-16-6-7-17(12-29)31-16/h1-5,10,16-19H,6-9,11-14H2. The number of rotatable bonds is 3. The zero-order valence-corrected chi connectivity index (χ0v) is 17.9. The third-order valence-electron chi connectivity index (χ3n) is 7.12. The van der Waals surface area contributed by atoms with Crippen molar-refractivity contribution in [3.05, 3.63) is 36.5 Å². The molecule has 8 heteroatoms. The number of nitrogens with zero attached hydrogens (tertiary/aromatic N) is 6. The first-order valence-electron chi connectivity index (χ1n) is 11.7. The van der Waals surface area contributed by atoms with Crippen molar-refractivity contribution in [2.24, 2.45) is 0 Å². The lowest BCUT2D eigenvalue weighted by molar-refractivity contribution is 0.0296. The van der Waals surface area contributed by atoms with Crippen LogP contribution in [-0.4, -0.2) is 70.5 Å². The monoisotopic (exact) mass is 430 g/mol. The van der Waals surface area contributed by atoms with Crippen LogP contribution < -0.4 is 9.80 Å². The van der Waals surface area contributed by atoms with Gasteiger partial charge in [0.15, 0.2) is 11.5 Å². The number of aromatic nitrogens is 4. The molecule has 4 saturated heterocycles. The smallest absolute Gasteiger partial charge is 0.229 e. The molecule has 0 N–H and O–H groups in total. The van der Waals surface area contributed by atoms with E-state index in [2.05, 4.69) is 14.8 Å². The molecule has 2 aromatic heterocycles. The van der Waals surface area contributed by atoms with E-state index >= 15 is 0 Å². The second-order valence-corrected chi connectivity index (χ2v) is 9.37. The summed E-state index contributed by atoms with van der Waals surface area (Å²) >= 11 is 0. The van der Waals surface area contributed by atoms with Crippen LogP contribution in [0.25, 0.3) is 22.4 Å². The van der Waals surface area contributed by atoms with Crippen molar-refractivity contribution in [1.82, 2.24) is 19.9 Å². The molecular weight excluding hydrogens is 404 g/mol. The maximum absolute atomic E-state index is 6.08. The van der Waals surface area contributed by atoms with E-state index in [1.165, 1.54) is 0 Å². The van der Waals surface area contributed by atoms with Gasteiger partial charge < -0.3 is 19.3 Å². The van der Waals surface area contributed by atoms with Gasteiger partial charge >= 0.3 is 0 Å². The van der Waals surface area contributed by atoms with Crippen LogP contribution in [-0.2, 0) is 9.47 Å². The van der Waals surface area contributed by atoms with Gasteiger partial charge in [0.1, 0.15) is 5.82 Å². The van der Waals surface area contributed by atoms with Crippen LogP contribution >= 0.6 is 0 Å². The minimum atomic E-state index is 0.279. The van der Waals surface area contributed by atoms with Gasteiger partial charge in [0.25, 0.3) is 0 Å². The van der Waals surface area contributed by atoms with Gasteiger partial charge in [-0.15, -0.1) is 0 Å². The maximum Gasteiger partial charge on any atom is 0.229 e. The molecule has 4 unspecified atom stereocenters. The molecule has 0 amide bonds. The van der Waals surface area contributed by atoms with Crippen molar-refractivity contribution >= 4 is 22.8 Å². The van der Waals surface area contributed by atoms with Crippen LogP contribution in [0.1, 0.15) is 25.7 Å². The molecule has 4 aliphatic rings. The molecule has 8 nitrogen and oxygen atoms in total. The number of hydrogen-bond donors (Lipinski definition) is 0. The number of ether oxygens (including phenoxy) is 2. The lowest BCUT2D eigenvalue weighted by atomic mass is 10.2. The van der Waals surface area contributed by atoms with Crippen LogP contribution in [0.15, 0.2) is 36.5 Å². The fourth-order valence-corrected chi connectivity index (χ4v) is 5.57. The van der Waals surface area contributed by atoms with Crippen molar-refractivity contribution in [3.63, 3.8) is 0 Å². The highest BCUT2D eigenvalue weighted by Gasteiger charge is 2.37. The van der Waals surface area contributed by atoms with E-state index in [-0.39, 0.29) is 24.4 Å². The molecular formula is C24H26N6O2. The van der Waals surface area contributed by atoms with Crippen molar-refractivity contribution in [1.29, 1.82) is 0 Å². The Labute approximate surface area is 186 Å². The molecule has 0 radical (unpaired) electrons. The predicted octanol–water partition coefficient (Wildman–Crippen LogP) is 2.82. The Morgan fingerprint density at radius 1 is 0.719 bits per heavy atom. The topological polar surface area (TPSA) is 76.5 Å². The van der Waals surface area contributed by atoms with Gasteiger partial charge in [-0.25, -0.2) is 9.97 Å². The van der Waals surface area contributed by atoms with Gasteiger partial charge in [0, 0.05) is 37.9 Å². The maximum atomic E-state index is 6.08. The second kappa shape index (κ2) is 7.35. The van der Waals surface area contributed by atoms with Crippen LogP contribution in [0.3, 0.4) is 0 Å². The molecule has 0 aliphatic carbocycles. The number of anilines is 2. The van der Waals surface area contributed by atoms with E-state index in [4.69, 9.17) is 24.4 Å². The van der Waals surface area contributed by atoms with Crippen LogP contribution in [0.5, 0.6) is 0 Å². The molecule has 3 aromatic rings. The highest BCUT2D eigenvalue weighted by atomic mass is 16.5. The van der Waals surface area contributed by atoms with Crippen molar-refractivity contribution < 1.29 is 9.47 Å². The molecule has 7 rings (SSSR count). The first-order chi connectivity index (χ1) is 15.8. The number of hydrogen-bond acceptors (Lipinski definition) is 8. The third-order valence-corrected chi connectivity index (χ3v) is 7.12. The molecule has 4 atom stereocenters. The summed E-state index contributed by atoms with van der Waals surface area (Å²) in [4.78, 5) is 24.2. The van der Waals surface area contributed by atoms with Crippen LogP contribution in [0.2, 0.25) is 0 Å². The first kappa shape index (κ1) is 18.7. The fraction of sp³-hybridized carbons (Fsp3) is 0.500. The Bertz CT molecular complexity index is 1130. The molecule has 1 aromatic carbocycles. The lowest BCUT2D eigenvalue weighted by Crippen LogP contribution is -2.45. The molecule has 32 heavy (non-hydrogen) atoms. The Morgan fingerprint density at radius 3 is 2.00 bits per heavy atom. The summed E-state index contributed by atoms with van der Waals surface area (Å²) in [6.07, 6.45) is 7.50. The Balaban J connectivity index is 1.34. The SMILES string of the molecule is c1ccc(-c2ncc3c(N4CC5CCC(C4)O5)nc(N4CC5CCC(C4)O5)nc3n2)cc1. The summed E-state index contributed by atoms with van der Waals surface area (Å²) in [7, 11) is 0. The molecule has 4 bridgehead atoms. The fourth-order valence-electron chi connectivity index (χ4n) is 5.57. The zero-order valence-electron chi connectivity index (χ0n) is 17.9. The summed E-state index contributed by atoms with van der Waals surface area (Å²) in [5, 5.41) is 0.908. The molecule has 164 valence electrons. The molecule has 6 heterocycles. The van der Waals surface area contributed by atoms with Crippen molar-refractivity contribution in [2.75, 3.05) is 36.0 Å². The predicted molar refractivity (Wildman–Crippen MR) is 121 cm³/mol. The quantitative estimate of drug-likeness (QED) is 0.628. The molecule has 4 fully saturated rings. The van der Waals surface area contributed by atoms with Gasteiger partial charge in [-0.05, 0) is 25.7 Å². The van der Waals surface area contributed by atoms with E-state index in [9.17, 15) is 0 Å². The number of benzene rings is 1. The van der Waals surface area contributed by atoms with Crippen molar-refractivity contribution in [3.8, 4) is 11.4 Å². The highest BCUT2D eigenvalue weighted by molar-refractivity contribution is 5.88. The van der Waals surface area contributed by atoms with Crippen LogP contribution in [0, 0.1) is 0 Å². The number of morpholine rings is 2. The Kier molecular flexibility index (Phi) is 4.30. The minimum Gasteiger partial charge on any atom is -0.371 e. The molecule has 0 saturated carbocycles. The summed E-state index contributed by atoms with van der Waals surface area (Å²) in [6, 6.07) is 10.1. The lowest BCUT2D eigenvalue weighted by Gasteiger charge is -2.35. The summed E-state index contributed by atoms with van der Waals surface area (Å²) in [6.45, 7) is 3.40.